The highest BCUT2D eigenvalue weighted by Gasteiger charge is 2.49. The Hall–Kier alpha value is -2.73. The molecule has 7 heteroatoms. The van der Waals surface area contributed by atoms with E-state index < -0.39 is 5.41 Å². The van der Waals surface area contributed by atoms with E-state index in [1.54, 1.807) is 20.3 Å². The molecule has 1 fully saturated rings. The van der Waals surface area contributed by atoms with Gasteiger partial charge in [0.2, 0.25) is 5.91 Å². The predicted octanol–water partition coefficient (Wildman–Crippen LogP) is 6.27. The van der Waals surface area contributed by atoms with Crippen molar-refractivity contribution in [2.24, 2.45) is 5.41 Å². The first-order valence-electron chi connectivity index (χ1n) is 11.4. The summed E-state index contributed by atoms with van der Waals surface area (Å²) in [6.07, 6.45) is 0.478. The molecule has 1 N–H and O–H groups in total. The van der Waals surface area contributed by atoms with Gasteiger partial charge in [-0.2, -0.15) is 0 Å². The Labute approximate surface area is 216 Å². The van der Waals surface area contributed by atoms with E-state index in [4.69, 9.17) is 32.7 Å². The van der Waals surface area contributed by atoms with Gasteiger partial charge in [0.25, 0.3) is 0 Å². The van der Waals surface area contributed by atoms with Crippen LogP contribution in [0.2, 0.25) is 10.0 Å². The van der Waals surface area contributed by atoms with Crippen LogP contribution in [-0.4, -0.2) is 36.7 Å². The molecule has 1 amide bonds. The van der Waals surface area contributed by atoms with Crippen molar-refractivity contribution in [3.63, 3.8) is 0 Å². The van der Waals surface area contributed by atoms with Gasteiger partial charge in [0.1, 0.15) is 11.5 Å². The van der Waals surface area contributed by atoms with Gasteiger partial charge in [0.15, 0.2) is 0 Å². The Morgan fingerprint density at radius 1 is 0.971 bits per heavy atom. The smallest absolute Gasteiger partial charge is 0.231 e. The van der Waals surface area contributed by atoms with Gasteiger partial charge in [-0.25, -0.2) is 0 Å². The summed E-state index contributed by atoms with van der Waals surface area (Å²) in [5, 5.41) is 11.6. The maximum absolute atomic E-state index is 13.9. The number of aliphatic hydroxyl groups is 1. The summed E-state index contributed by atoms with van der Waals surface area (Å²) in [6.45, 7) is 1.86. The number of ether oxygens (including phenoxy) is 2. The van der Waals surface area contributed by atoms with Gasteiger partial charge in [-0.05, 0) is 60.9 Å². The van der Waals surface area contributed by atoms with Crippen LogP contribution >= 0.6 is 23.2 Å². The fraction of sp³-hybridized carbons (Fsp3) is 0.321. The second kappa shape index (κ2) is 10.5. The summed E-state index contributed by atoms with van der Waals surface area (Å²) in [4.78, 5) is 15.8. The van der Waals surface area contributed by atoms with E-state index in [-0.39, 0.29) is 24.5 Å². The summed E-state index contributed by atoms with van der Waals surface area (Å²) in [7, 11) is 3.20. The highest BCUT2D eigenvalue weighted by Crippen LogP contribution is 2.50. The molecule has 5 nitrogen and oxygen atoms in total. The van der Waals surface area contributed by atoms with E-state index >= 15 is 0 Å². The summed E-state index contributed by atoms with van der Waals surface area (Å²) in [5.74, 6) is 1.08. The number of rotatable bonds is 7. The Morgan fingerprint density at radius 2 is 1.71 bits per heavy atom. The van der Waals surface area contributed by atoms with Crippen molar-refractivity contribution in [3.05, 3.63) is 93.5 Å². The molecule has 3 aromatic rings. The molecule has 35 heavy (non-hydrogen) atoms. The lowest BCUT2D eigenvalue weighted by molar-refractivity contribution is -0.154. The second-order valence-corrected chi connectivity index (χ2v) is 10.1. The first kappa shape index (κ1) is 25.4. The number of halogens is 2. The molecule has 0 aliphatic carbocycles. The van der Waals surface area contributed by atoms with Crippen LogP contribution in [0, 0.1) is 5.41 Å². The van der Waals surface area contributed by atoms with E-state index in [0.717, 1.165) is 16.7 Å². The molecule has 0 bridgehead atoms. The first-order valence-corrected chi connectivity index (χ1v) is 12.2. The minimum atomic E-state index is -0.949. The normalized spacial score (nSPS) is 22.2. The standard InChI is InChI=1S/C28H29Cl2NO4/c1-28(17-32)15-24(19-5-4-6-22(30)13-19)26(18-7-10-21(29)11-8-18)31(27(28)33)16-20-9-12-23(34-2)14-25(20)35-3/h4-14,24,26,32H,15-17H2,1-3H3/t24?,26-,28?/m1/s1. The highest BCUT2D eigenvalue weighted by atomic mass is 35.5. The predicted molar refractivity (Wildman–Crippen MR) is 138 cm³/mol. The Morgan fingerprint density at radius 3 is 2.34 bits per heavy atom. The zero-order chi connectivity index (χ0) is 25.2. The molecule has 3 aromatic carbocycles. The number of methoxy groups -OCH3 is 2. The topological polar surface area (TPSA) is 59.0 Å². The SMILES string of the molecule is COc1ccc(CN2C(=O)C(C)(CO)CC(c3cccc(Cl)c3)[C@H]2c2ccc(Cl)cc2)c(OC)c1. The largest absolute Gasteiger partial charge is 0.497 e. The number of amides is 1. The van der Waals surface area contributed by atoms with E-state index in [0.29, 0.717) is 34.5 Å². The van der Waals surface area contributed by atoms with E-state index in [2.05, 4.69) is 0 Å². The zero-order valence-electron chi connectivity index (χ0n) is 20.0. The molecule has 1 aliphatic rings. The van der Waals surface area contributed by atoms with E-state index in [9.17, 15) is 9.90 Å². The number of likely N-dealkylation sites (tertiary alicyclic amines) is 1. The van der Waals surface area contributed by atoms with Crippen LogP contribution in [0.5, 0.6) is 11.5 Å². The Kier molecular flexibility index (Phi) is 7.60. The van der Waals surface area contributed by atoms with Crippen molar-refractivity contribution in [2.45, 2.75) is 31.8 Å². The molecule has 3 atom stereocenters. The average Bonchev–Trinajstić information content (AvgIpc) is 2.87. The van der Waals surface area contributed by atoms with Crippen molar-refractivity contribution in [1.82, 2.24) is 4.90 Å². The van der Waals surface area contributed by atoms with Gasteiger partial charge in [0, 0.05) is 34.1 Å². The van der Waals surface area contributed by atoms with Crippen LogP contribution in [0.3, 0.4) is 0 Å². The molecule has 0 aromatic heterocycles. The molecular weight excluding hydrogens is 485 g/mol. The highest BCUT2D eigenvalue weighted by molar-refractivity contribution is 6.30. The molecule has 2 unspecified atom stereocenters. The number of carbonyl (C=O) groups excluding carboxylic acids is 1. The monoisotopic (exact) mass is 513 g/mol. The lowest BCUT2D eigenvalue weighted by Gasteiger charge is -2.49. The van der Waals surface area contributed by atoms with E-state index in [1.165, 1.54) is 0 Å². The summed E-state index contributed by atoms with van der Waals surface area (Å²) in [6, 6.07) is 20.6. The van der Waals surface area contributed by atoms with Crippen molar-refractivity contribution in [2.75, 3.05) is 20.8 Å². The molecule has 4 rings (SSSR count). The van der Waals surface area contributed by atoms with Gasteiger partial charge in [-0.15, -0.1) is 0 Å². The van der Waals surface area contributed by atoms with E-state index in [1.807, 2.05) is 72.5 Å². The number of benzene rings is 3. The van der Waals surface area contributed by atoms with Crippen LogP contribution in [0.15, 0.2) is 66.7 Å². The average molecular weight is 514 g/mol. The summed E-state index contributed by atoms with van der Waals surface area (Å²) < 4.78 is 11.0. The maximum Gasteiger partial charge on any atom is 0.231 e. The Bertz CT molecular complexity index is 1200. The van der Waals surface area contributed by atoms with Crippen LogP contribution in [-0.2, 0) is 11.3 Å². The lowest BCUT2D eigenvalue weighted by Crippen LogP contribution is -2.52. The third-order valence-corrected chi connectivity index (χ3v) is 7.32. The van der Waals surface area contributed by atoms with Crippen molar-refractivity contribution in [3.8, 4) is 11.5 Å². The third-order valence-electron chi connectivity index (χ3n) is 6.84. The lowest BCUT2D eigenvalue weighted by atomic mass is 9.69. The molecular formula is C28H29Cl2NO4. The maximum atomic E-state index is 13.9. The fourth-order valence-corrected chi connectivity index (χ4v) is 5.28. The summed E-state index contributed by atoms with van der Waals surface area (Å²) in [5.41, 5.74) is 1.86. The van der Waals surface area contributed by atoms with Crippen LogP contribution in [0.1, 0.15) is 42.0 Å². The zero-order valence-corrected chi connectivity index (χ0v) is 21.5. The number of carbonyl (C=O) groups is 1. The molecule has 0 spiro atoms. The fourth-order valence-electron chi connectivity index (χ4n) is 4.95. The van der Waals surface area contributed by atoms with Crippen LogP contribution in [0.4, 0.5) is 0 Å². The molecule has 0 saturated carbocycles. The molecule has 184 valence electrons. The number of aliphatic hydroxyl groups excluding tert-OH is 1. The molecule has 1 aliphatic heterocycles. The summed E-state index contributed by atoms with van der Waals surface area (Å²) >= 11 is 12.6. The molecule has 1 heterocycles. The van der Waals surface area contributed by atoms with Crippen LogP contribution in [0.25, 0.3) is 0 Å². The molecule has 1 saturated heterocycles. The number of hydrogen-bond donors (Lipinski definition) is 1. The number of piperidine rings is 1. The van der Waals surface area contributed by atoms with Gasteiger partial charge in [0.05, 0.1) is 32.3 Å². The first-order chi connectivity index (χ1) is 16.8. The van der Waals surface area contributed by atoms with Crippen LogP contribution < -0.4 is 9.47 Å². The quantitative estimate of drug-likeness (QED) is 0.404. The molecule has 0 radical (unpaired) electrons. The Balaban J connectivity index is 1.87. The van der Waals surface area contributed by atoms with Gasteiger partial charge in [-0.1, -0.05) is 47.5 Å². The minimum Gasteiger partial charge on any atom is -0.497 e. The number of nitrogens with zero attached hydrogens (tertiary/aromatic N) is 1. The third kappa shape index (κ3) is 5.13. The van der Waals surface area contributed by atoms with Crippen molar-refractivity contribution in [1.29, 1.82) is 0 Å². The van der Waals surface area contributed by atoms with Gasteiger partial charge >= 0.3 is 0 Å². The second-order valence-electron chi connectivity index (χ2n) is 9.19. The van der Waals surface area contributed by atoms with Crippen molar-refractivity contribution < 1.29 is 19.4 Å². The number of hydrogen-bond acceptors (Lipinski definition) is 4. The van der Waals surface area contributed by atoms with Gasteiger partial charge < -0.3 is 19.5 Å². The minimum absolute atomic E-state index is 0.103. The van der Waals surface area contributed by atoms with Gasteiger partial charge in [-0.3, -0.25) is 4.79 Å². The van der Waals surface area contributed by atoms with Crippen molar-refractivity contribution >= 4 is 29.1 Å².